The summed E-state index contributed by atoms with van der Waals surface area (Å²) in [6, 6.07) is 0. The molecule has 0 radical (unpaired) electrons. The van der Waals surface area contributed by atoms with Gasteiger partial charge < -0.3 is 0 Å². The van der Waals surface area contributed by atoms with Crippen LogP contribution in [0, 0.1) is 23.4 Å². The Morgan fingerprint density at radius 3 is 2.50 bits per heavy atom. The molecule has 3 unspecified atom stereocenters. The van der Waals surface area contributed by atoms with E-state index < -0.39 is 0 Å². The van der Waals surface area contributed by atoms with E-state index in [0.29, 0.717) is 5.25 Å². The normalized spacial score (nSPS) is 27.9. The zero-order valence-electron chi connectivity index (χ0n) is 12.6. The minimum absolute atomic E-state index is 0.668. The van der Waals surface area contributed by atoms with Crippen molar-refractivity contribution in [2.75, 3.05) is 0 Å². The average molecular weight is 266 g/mol. The molecule has 1 rings (SSSR count). The standard InChI is InChI=1S/C17H30S/c1-6-14(7-2)9-13(4)10-16-12-17(18-5)11-15(16)8-3/h5,10,13-15,17H,6-9,11-12H2,1-4H3/b16-10-. The lowest BCUT2D eigenvalue weighted by atomic mass is 9.88. The number of hydrogen-bond acceptors (Lipinski definition) is 0. The molecule has 1 saturated carbocycles. The maximum Gasteiger partial charge on any atom is 0.0331 e. The lowest BCUT2D eigenvalue weighted by Gasteiger charge is -2.17. The van der Waals surface area contributed by atoms with Crippen molar-refractivity contribution in [3.05, 3.63) is 11.6 Å². The predicted octanol–water partition coefficient (Wildman–Crippen LogP) is 5.89. The zero-order chi connectivity index (χ0) is 13.5. The second kappa shape index (κ2) is 8.02. The fourth-order valence-corrected chi connectivity index (χ4v) is 3.93. The van der Waals surface area contributed by atoms with E-state index in [-0.39, 0.29) is 0 Å². The molecule has 0 saturated heterocycles. The van der Waals surface area contributed by atoms with Gasteiger partial charge >= 0.3 is 0 Å². The molecule has 0 heterocycles. The van der Waals surface area contributed by atoms with Crippen LogP contribution in [0.25, 0.3) is 0 Å². The van der Waals surface area contributed by atoms with Gasteiger partial charge in [-0.05, 0) is 43.4 Å². The summed E-state index contributed by atoms with van der Waals surface area (Å²) in [5.74, 6) is 2.44. The molecule has 0 spiro atoms. The van der Waals surface area contributed by atoms with Gasteiger partial charge in [-0.25, -0.2) is 0 Å². The lowest BCUT2D eigenvalue weighted by molar-refractivity contribution is 0.406. The molecule has 0 aromatic rings. The summed E-state index contributed by atoms with van der Waals surface area (Å²) in [5, 5.41) is 0.668. The molecular formula is C17H30S. The van der Waals surface area contributed by atoms with E-state index in [1.807, 2.05) is 0 Å². The Labute approximate surface area is 118 Å². The van der Waals surface area contributed by atoms with Crippen molar-refractivity contribution in [3.8, 4) is 5.69 Å². The van der Waals surface area contributed by atoms with Gasteiger partial charge in [0.25, 0.3) is 0 Å². The summed E-state index contributed by atoms with van der Waals surface area (Å²) in [6.45, 7) is 9.34. The molecular weight excluding hydrogens is 236 g/mol. The van der Waals surface area contributed by atoms with Crippen LogP contribution in [-0.2, 0) is 0 Å². The molecule has 18 heavy (non-hydrogen) atoms. The van der Waals surface area contributed by atoms with E-state index in [4.69, 9.17) is 5.69 Å². The Morgan fingerprint density at radius 2 is 2.00 bits per heavy atom. The molecule has 1 heteroatoms. The van der Waals surface area contributed by atoms with Gasteiger partial charge in [-0.2, -0.15) is 0 Å². The average Bonchev–Trinajstić information content (AvgIpc) is 2.78. The summed E-state index contributed by atoms with van der Waals surface area (Å²) in [4.78, 5) is 0. The second-order valence-electron chi connectivity index (χ2n) is 5.94. The first kappa shape index (κ1) is 15.8. The van der Waals surface area contributed by atoms with Crippen LogP contribution in [0.3, 0.4) is 0 Å². The SMILES string of the molecule is C#SC1C/C(=C/C(C)CC(CC)CC)C(CC)C1. The van der Waals surface area contributed by atoms with E-state index in [9.17, 15) is 0 Å². The third-order valence-electron chi connectivity index (χ3n) is 4.58. The molecule has 3 atom stereocenters. The Bertz CT molecular complexity index is 306. The van der Waals surface area contributed by atoms with Crippen LogP contribution in [0.1, 0.15) is 66.2 Å². The van der Waals surface area contributed by atoms with Crippen molar-refractivity contribution >= 4 is 11.2 Å². The molecule has 1 aliphatic carbocycles. The number of allylic oxidation sites excluding steroid dienone is 2. The molecule has 0 aromatic heterocycles. The van der Waals surface area contributed by atoms with Gasteiger partial charge in [0, 0.05) is 5.25 Å². The van der Waals surface area contributed by atoms with Gasteiger partial charge in [-0.1, -0.05) is 52.2 Å². The third kappa shape index (κ3) is 4.44. The van der Waals surface area contributed by atoms with Gasteiger partial charge in [-0.15, -0.1) is 16.9 Å². The van der Waals surface area contributed by atoms with Gasteiger partial charge in [0.2, 0.25) is 0 Å². The molecule has 0 N–H and O–H groups in total. The fraction of sp³-hybridized carbons (Fsp3) is 0.824. The van der Waals surface area contributed by atoms with Crippen LogP contribution in [0.2, 0.25) is 0 Å². The van der Waals surface area contributed by atoms with Crippen LogP contribution in [0.4, 0.5) is 0 Å². The molecule has 0 aliphatic heterocycles. The van der Waals surface area contributed by atoms with E-state index >= 15 is 0 Å². The summed E-state index contributed by atoms with van der Waals surface area (Å²) < 4.78 is 0. The number of hydrogen-bond donors (Lipinski definition) is 0. The van der Waals surface area contributed by atoms with Crippen molar-refractivity contribution in [1.82, 2.24) is 0 Å². The highest BCUT2D eigenvalue weighted by molar-refractivity contribution is 7.88. The molecule has 1 fully saturated rings. The van der Waals surface area contributed by atoms with Gasteiger partial charge in [0.1, 0.15) is 0 Å². The molecule has 0 aromatic carbocycles. The molecule has 0 bridgehead atoms. The Kier molecular flexibility index (Phi) is 7.04. The Morgan fingerprint density at radius 1 is 1.33 bits per heavy atom. The molecule has 104 valence electrons. The highest BCUT2D eigenvalue weighted by Gasteiger charge is 2.27. The van der Waals surface area contributed by atoms with E-state index in [1.165, 1.54) is 38.5 Å². The summed E-state index contributed by atoms with van der Waals surface area (Å²) in [6.07, 6.45) is 10.4. The van der Waals surface area contributed by atoms with Crippen molar-refractivity contribution in [1.29, 1.82) is 0 Å². The second-order valence-corrected chi connectivity index (χ2v) is 6.88. The Hall–Kier alpha value is -0.260. The van der Waals surface area contributed by atoms with Crippen LogP contribution >= 0.6 is 11.2 Å². The summed E-state index contributed by atoms with van der Waals surface area (Å²) in [5.41, 5.74) is 7.45. The fourth-order valence-electron chi connectivity index (χ4n) is 3.30. The molecule has 1 aliphatic rings. The quantitative estimate of drug-likeness (QED) is 0.526. The minimum Gasteiger partial charge on any atom is -0.134 e. The number of rotatable bonds is 6. The van der Waals surface area contributed by atoms with Crippen molar-refractivity contribution in [3.63, 3.8) is 0 Å². The monoisotopic (exact) mass is 266 g/mol. The smallest absolute Gasteiger partial charge is 0.0331 e. The maximum absolute atomic E-state index is 5.76. The summed E-state index contributed by atoms with van der Waals surface area (Å²) in [7, 11) is 0. The molecule has 0 amide bonds. The van der Waals surface area contributed by atoms with Gasteiger partial charge in [-0.3, -0.25) is 0 Å². The predicted molar refractivity (Wildman–Crippen MR) is 85.3 cm³/mol. The largest absolute Gasteiger partial charge is 0.134 e. The van der Waals surface area contributed by atoms with E-state index in [2.05, 4.69) is 33.8 Å². The highest BCUT2D eigenvalue weighted by Crippen LogP contribution is 2.38. The highest BCUT2D eigenvalue weighted by atomic mass is 32.1. The first-order chi connectivity index (χ1) is 8.64. The van der Waals surface area contributed by atoms with Crippen LogP contribution < -0.4 is 0 Å². The van der Waals surface area contributed by atoms with E-state index in [1.54, 1.807) is 16.7 Å². The maximum atomic E-state index is 5.76. The first-order valence-electron chi connectivity index (χ1n) is 7.70. The van der Waals surface area contributed by atoms with Crippen molar-refractivity contribution in [2.24, 2.45) is 17.8 Å². The summed E-state index contributed by atoms with van der Waals surface area (Å²) >= 11 is 1.56. The zero-order valence-corrected chi connectivity index (χ0v) is 13.4. The Balaban J connectivity index is 2.61. The first-order valence-corrected chi connectivity index (χ1v) is 8.64. The lowest BCUT2D eigenvalue weighted by Crippen LogP contribution is -2.04. The molecule has 0 nitrogen and oxygen atoms in total. The van der Waals surface area contributed by atoms with Crippen molar-refractivity contribution < 1.29 is 0 Å². The van der Waals surface area contributed by atoms with Crippen molar-refractivity contribution in [2.45, 2.75) is 71.5 Å². The van der Waals surface area contributed by atoms with Gasteiger partial charge in [0.15, 0.2) is 0 Å². The third-order valence-corrected chi connectivity index (χ3v) is 5.32. The minimum atomic E-state index is 0.668. The van der Waals surface area contributed by atoms with Crippen LogP contribution in [0.5, 0.6) is 0 Å². The topological polar surface area (TPSA) is 0 Å². The van der Waals surface area contributed by atoms with E-state index in [0.717, 1.165) is 17.8 Å². The van der Waals surface area contributed by atoms with Crippen LogP contribution in [-0.4, -0.2) is 5.25 Å². The van der Waals surface area contributed by atoms with Crippen LogP contribution in [0.15, 0.2) is 11.6 Å². The van der Waals surface area contributed by atoms with Gasteiger partial charge in [0.05, 0.1) is 0 Å².